The van der Waals surface area contributed by atoms with Gasteiger partial charge in [0, 0.05) is 19.6 Å². The first-order chi connectivity index (χ1) is 9.47. The molecular formula is C14H20N2O3S. The summed E-state index contributed by atoms with van der Waals surface area (Å²) < 4.78 is 24.2. The minimum atomic E-state index is -3.39. The minimum absolute atomic E-state index is 0.00794. The molecule has 1 aromatic rings. The zero-order chi connectivity index (χ0) is 14.8. The maximum Gasteiger partial charge on any atom is 0.255 e. The Balaban J connectivity index is 2.35. The summed E-state index contributed by atoms with van der Waals surface area (Å²) >= 11 is 0. The number of nitrogens with one attached hydrogen (secondary N) is 1. The first kappa shape index (κ1) is 15.0. The number of hydrogen-bond acceptors (Lipinski definition) is 4. The smallest absolute Gasteiger partial charge is 0.255 e. The highest BCUT2D eigenvalue weighted by Gasteiger charge is 2.27. The lowest BCUT2D eigenvalue weighted by Gasteiger charge is -2.24. The van der Waals surface area contributed by atoms with Gasteiger partial charge in [-0.25, -0.2) is 8.42 Å². The molecule has 1 aliphatic rings. The van der Waals surface area contributed by atoms with E-state index in [0.717, 1.165) is 19.5 Å². The number of benzene rings is 1. The zero-order valence-electron chi connectivity index (χ0n) is 11.8. The quantitative estimate of drug-likeness (QED) is 0.897. The second-order valence-corrected chi connectivity index (χ2v) is 7.21. The topological polar surface area (TPSA) is 66.5 Å². The molecule has 0 aliphatic carbocycles. The molecule has 1 N–H and O–H groups in total. The fourth-order valence-electron chi connectivity index (χ4n) is 2.40. The number of nitrogens with zero attached hydrogens (tertiary/aromatic N) is 1. The summed E-state index contributed by atoms with van der Waals surface area (Å²) in [6.07, 6.45) is 0.894. The molecule has 2 rings (SSSR count). The van der Waals surface area contributed by atoms with Gasteiger partial charge < -0.3 is 10.2 Å². The van der Waals surface area contributed by atoms with E-state index < -0.39 is 9.84 Å². The number of amides is 1. The van der Waals surface area contributed by atoms with E-state index in [9.17, 15) is 13.2 Å². The Labute approximate surface area is 119 Å². The van der Waals surface area contributed by atoms with Crippen LogP contribution in [0.3, 0.4) is 0 Å². The number of hydrogen-bond donors (Lipinski definition) is 1. The van der Waals surface area contributed by atoms with Crippen molar-refractivity contribution < 1.29 is 13.2 Å². The Morgan fingerprint density at radius 2 is 2.10 bits per heavy atom. The zero-order valence-corrected chi connectivity index (χ0v) is 12.6. The number of rotatable bonds is 4. The Hall–Kier alpha value is -1.40. The van der Waals surface area contributed by atoms with Crippen LogP contribution >= 0.6 is 0 Å². The van der Waals surface area contributed by atoms with Crippen molar-refractivity contribution in [2.24, 2.45) is 0 Å². The summed E-state index contributed by atoms with van der Waals surface area (Å²) in [5, 5.41) is 3.20. The Morgan fingerprint density at radius 1 is 1.40 bits per heavy atom. The molecule has 1 atom stereocenters. The van der Waals surface area contributed by atoms with E-state index in [-0.39, 0.29) is 28.2 Å². The van der Waals surface area contributed by atoms with E-state index in [0.29, 0.717) is 0 Å². The van der Waals surface area contributed by atoms with Crippen LogP contribution in [-0.4, -0.2) is 51.2 Å². The van der Waals surface area contributed by atoms with Crippen molar-refractivity contribution in [3.05, 3.63) is 29.8 Å². The Morgan fingerprint density at radius 3 is 2.70 bits per heavy atom. The van der Waals surface area contributed by atoms with Gasteiger partial charge in [0.05, 0.1) is 16.2 Å². The number of carbonyl (C=O) groups is 1. The van der Waals surface area contributed by atoms with Gasteiger partial charge in [-0.05, 0) is 25.1 Å². The first-order valence-electron chi connectivity index (χ1n) is 6.77. The third-order valence-electron chi connectivity index (χ3n) is 3.73. The van der Waals surface area contributed by atoms with Crippen molar-refractivity contribution in [1.29, 1.82) is 0 Å². The molecule has 1 aromatic carbocycles. The molecule has 0 spiro atoms. The van der Waals surface area contributed by atoms with E-state index in [1.807, 2.05) is 0 Å². The summed E-state index contributed by atoms with van der Waals surface area (Å²) in [6, 6.07) is 6.57. The van der Waals surface area contributed by atoms with E-state index in [4.69, 9.17) is 0 Å². The highest BCUT2D eigenvalue weighted by molar-refractivity contribution is 7.91. The molecular weight excluding hydrogens is 276 g/mol. The Bertz CT molecular complexity index is 592. The van der Waals surface area contributed by atoms with Crippen LogP contribution in [0.1, 0.15) is 23.7 Å². The lowest BCUT2D eigenvalue weighted by molar-refractivity contribution is 0.0740. The van der Waals surface area contributed by atoms with Crippen molar-refractivity contribution in [2.75, 3.05) is 25.9 Å². The standard InChI is InChI=1S/C14H20N2O3S/c1-3-20(18,19)13-7-5-4-6-12(13)14(17)16(2)11-8-9-15-10-11/h4-7,11,15H,3,8-10H2,1-2H3/t11-/m0/s1. The summed E-state index contributed by atoms with van der Waals surface area (Å²) in [5.41, 5.74) is 0.267. The molecule has 6 heteroatoms. The molecule has 1 saturated heterocycles. The van der Waals surface area contributed by atoms with E-state index in [1.165, 1.54) is 6.07 Å². The summed E-state index contributed by atoms with van der Waals surface area (Å²) in [7, 11) is -1.66. The van der Waals surface area contributed by atoms with E-state index in [2.05, 4.69) is 5.32 Å². The van der Waals surface area contributed by atoms with Crippen molar-refractivity contribution in [3.63, 3.8) is 0 Å². The highest BCUT2D eigenvalue weighted by atomic mass is 32.2. The van der Waals surface area contributed by atoms with Gasteiger partial charge in [-0.2, -0.15) is 0 Å². The van der Waals surface area contributed by atoms with Gasteiger partial charge >= 0.3 is 0 Å². The fourth-order valence-corrected chi connectivity index (χ4v) is 3.48. The third-order valence-corrected chi connectivity index (χ3v) is 5.52. The SMILES string of the molecule is CCS(=O)(=O)c1ccccc1C(=O)N(C)[C@H]1CCNC1. The van der Waals surface area contributed by atoms with E-state index in [1.54, 1.807) is 37.1 Å². The van der Waals surface area contributed by atoms with Gasteiger partial charge in [0.1, 0.15) is 0 Å². The Kier molecular flexibility index (Phi) is 4.45. The van der Waals surface area contributed by atoms with Crippen LogP contribution in [-0.2, 0) is 9.84 Å². The lowest BCUT2D eigenvalue weighted by atomic mass is 10.1. The predicted octanol–water partition coefficient (Wildman–Crippen LogP) is 0.914. The summed E-state index contributed by atoms with van der Waals surface area (Å²) in [4.78, 5) is 14.3. The molecule has 110 valence electrons. The van der Waals surface area contributed by atoms with Crippen molar-refractivity contribution in [2.45, 2.75) is 24.3 Å². The molecule has 1 fully saturated rings. The van der Waals surface area contributed by atoms with Crippen LogP contribution in [0.5, 0.6) is 0 Å². The monoisotopic (exact) mass is 296 g/mol. The van der Waals surface area contributed by atoms with Crippen LogP contribution in [0.2, 0.25) is 0 Å². The van der Waals surface area contributed by atoms with Crippen LogP contribution in [0.15, 0.2) is 29.2 Å². The average molecular weight is 296 g/mol. The molecule has 1 amide bonds. The summed E-state index contributed by atoms with van der Waals surface area (Å²) in [5.74, 6) is -0.238. The highest BCUT2D eigenvalue weighted by Crippen LogP contribution is 2.20. The lowest BCUT2D eigenvalue weighted by Crippen LogP contribution is -2.38. The van der Waals surface area contributed by atoms with Crippen molar-refractivity contribution in [3.8, 4) is 0 Å². The molecule has 20 heavy (non-hydrogen) atoms. The van der Waals surface area contributed by atoms with Crippen LogP contribution in [0.4, 0.5) is 0 Å². The molecule has 0 bridgehead atoms. The maximum absolute atomic E-state index is 12.5. The van der Waals surface area contributed by atoms with Crippen LogP contribution in [0.25, 0.3) is 0 Å². The van der Waals surface area contributed by atoms with Crippen molar-refractivity contribution >= 4 is 15.7 Å². The number of sulfone groups is 1. The molecule has 5 nitrogen and oxygen atoms in total. The number of likely N-dealkylation sites (N-methyl/N-ethyl adjacent to an activating group) is 1. The number of carbonyl (C=O) groups excluding carboxylic acids is 1. The van der Waals surface area contributed by atoms with E-state index >= 15 is 0 Å². The fraction of sp³-hybridized carbons (Fsp3) is 0.500. The third kappa shape index (κ3) is 2.86. The summed E-state index contributed by atoms with van der Waals surface area (Å²) in [6.45, 7) is 3.23. The molecule has 1 aliphatic heterocycles. The molecule has 0 unspecified atom stereocenters. The van der Waals surface area contributed by atoms with Gasteiger partial charge in [0.25, 0.3) is 5.91 Å². The second-order valence-electron chi connectivity index (χ2n) is 4.96. The molecule has 0 radical (unpaired) electrons. The minimum Gasteiger partial charge on any atom is -0.337 e. The predicted molar refractivity (Wildman–Crippen MR) is 77.5 cm³/mol. The second kappa shape index (κ2) is 5.93. The molecule has 0 aromatic heterocycles. The van der Waals surface area contributed by atoms with Gasteiger partial charge in [-0.15, -0.1) is 0 Å². The van der Waals surface area contributed by atoms with Gasteiger partial charge in [0.2, 0.25) is 0 Å². The van der Waals surface area contributed by atoms with Crippen molar-refractivity contribution in [1.82, 2.24) is 10.2 Å². The van der Waals surface area contributed by atoms with Crippen LogP contribution in [0, 0.1) is 0 Å². The normalized spacial score (nSPS) is 19.0. The van der Waals surface area contributed by atoms with Crippen LogP contribution < -0.4 is 5.32 Å². The van der Waals surface area contributed by atoms with Gasteiger partial charge in [-0.3, -0.25) is 4.79 Å². The average Bonchev–Trinajstić information content (AvgIpc) is 3.00. The van der Waals surface area contributed by atoms with Gasteiger partial charge in [0.15, 0.2) is 9.84 Å². The van der Waals surface area contributed by atoms with Gasteiger partial charge in [-0.1, -0.05) is 19.1 Å². The first-order valence-corrected chi connectivity index (χ1v) is 8.42. The maximum atomic E-state index is 12.5. The molecule has 0 saturated carbocycles. The molecule has 1 heterocycles. The largest absolute Gasteiger partial charge is 0.337 e.